The Kier molecular flexibility index (Phi) is 10.1. The van der Waals surface area contributed by atoms with E-state index in [0.717, 1.165) is 52.0 Å². The lowest BCUT2D eigenvalue weighted by Crippen LogP contribution is -2.46. The van der Waals surface area contributed by atoms with E-state index in [0.29, 0.717) is 5.92 Å². The summed E-state index contributed by atoms with van der Waals surface area (Å²) < 4.78 is 0. The van der Waals surface area contributed by atoms with Gasteiger partial charge in [-0.3, -0.25) is 4.98 Å². The highest BCUT2D eigenvalue weighted by Crippen LogP contribution is 2.46. The van der Waals surface area contributed by atoms with Crippen LogP contribution in [0.3, 0.4) is 0 Å². The topological polar surface area (TPSA) is 78.0 Å². The summed E-state index contributed by atoms with van der Waals surface area (Å²) in [5.74, 6) is 2.18. The number of allylic oxidation sites excluding steroid dienone is 5. The first-order chi connectivity index (χ1) is 18.9. The van der Waals surface area contributed by atoms with E-state index >= 15 is 0 Å². The third-order valence-electron chi connectivity index (χ3n) is 6.76. The highest BCUT2D eigenvalue weighted by Gasteiger charge is 2.46. The fourth-order valence-corrected chi connectivity index (χ4v) is 5.00. The molecule has 2 aliphatic heterocycles. The van der Waals surface area contributed by atoms with Crippen molar-refractivity contribution in [2.75, 3.05) is 10.6 Å². The van der Waals surface area contributed by atoms with Crippen LogP contribution in [0, 0.1) is 5.92 Å². The van der Waals surface area contributed by atoms with Crippen molar-refractivity contribution in [1.82, 2.24) is 25.2 Å². The van der Waals surface area contributed by atoms with Gasteiger partial charge in [-0.25, -0.2) is 9.97 Å². The van der Waals surface area contributed by atoms with Crippen molar-refractivity contribution in [2.24, 2.45) is 5.92 Å². The Bertz CT molecular complexity index is 1270. The minimum atomic E-state index is -0.498. The lowest BCUT2D eigenvalue weighted by molar-refractivity contribution is 0.209. The van der Waals surface area contributed by atoms with E-state index in [1.165, 1.54) is 18.5 Å². The minimum Gasteiger partial charge on any atom is -0.358 e. The molecule has 7 heteroatoms. The Balaban J connectivity index is 0.00000100. The lowest BCUT2D eigenvalue weighted by atomic mass is 9.97. The maximum Gasteiger partial charge on any atom is 0.138 e. The van der Waals surface area contributed by atoms with E-state index in [-0.39, 0.29) is 0 Å². The van der Waals surface area contributed by atoms with Crippen LogP contribution in [0.5, 0.6) is 0 Å². The maximum atomic E-state index is 4.51. The molecular formula is C32H45N7. The van der Waals surface area contributed by atoms with Crippen LogP contribution in [0.15, 0.2) is 95.8 Å². The number of hydrogen-bond donors (Lipinski definition) is 3. The van der Waals surface area contributed by atoms with Gasteiger partial charge in [0, 0.05) is 29.7 Å². The minimum absolute atomic E-state index is 0.498. The summed E-state index contributed by atoms with van der Waals surface area (Å²) in [6.07, 6.45) is 15.3. The molecular weight excluding hydrogens is 482 g/mol. The number of nitrogens with zero attached hydrogens (tertiary/aromatic N) is 4. The monoisotopic (exact) mass is 527 g/mol. The lowest BCUT2D eigenvalue weighted by Gasteiger charge is -2.41. The Labute approximate surface area is 234 Å². The molecule has 0 spiro atoms. The predicted molar refractivity (Wildman–Crippen MR) is 163 cm³/mol. The van der Waals surface area contributed by atoms with E-state index < -0.39 is 5.66 Å². The summed E-state index contributed by atoms with van der Waals surface area (Å²) in [6.45, 7) is 20.8. The number of nitrogens with one attached hydrogen (secondary N) is 3. The van der Waals surface area contributed by atoms with Gasteiger partial charge >= 0.3 is 0 Å². The molecule has 2 aromatic heterocycles. The SMILES string of the molecule is C=C1NC(C)(c2ccncc2)N2C1=C(C)C=C(Nc1cc(N/C(=C/CC)C3CC3)ncn1)/C2=C/C.CC.CC. The van der Waals surface area contributed by atoms with Crippen molar-refractivity contribution in [3.8, 4) is 0 Å². The third-order valence-corrected chi connectivity index (χ3v) is 6.76. The molecule has 7 nitrogen and oxygen atoms in total. The largest absolute Gasteiger partial charge is 0.358 e. The molecule has 1 saturated carbocycles. The summed E-state index contributed by atoms with van der Waals surface area (Å²) in [7, 11) is 0. The van der Waals surface area contributed by atoms with Crippen molar-refractivity contribution in [1.29, 1.82) is 0 Å². The molecule has 3 aliphatic rings. The molecule has 1 aliphatic carbocycles. The standard InChI is InChI=1S/C28H33N7.2C2H6/c1-6-8-22(20-9-10-20)32-25-16-26(31-17-30-25)33-23-15-18(3)27-19(4)34-28(5,35(27)24(23)7-2)21-11-13-29-14-12-21;2*1-2/h7-8,11-17,20,34H,4,6,9-10H2,1-3,5H3,(H2,30,31,32,33);2*1-2H3/b22-8+,24-7-;;. The smallest absolute Gasteiger partial charge is 0.138 e. The number of hydrogen-bond acceptors (Lipinski definition) is 7. The summed E-state index contributed by atoms with van der Waals surface area (Å²) in [6, 6.07) is 6.06. The number of aromatic nitrogens is 3. The average molecular weight is 528 g/mol. The van der Waals surface area contributed by atoms with Gasteiger partial charge in [0.2, 0.25) is 0 Å². The Hall–Kier alpha value is -3.87. The first-order valence-electron chi connectivity index (χ1n) is 14.3. The van der Waals surface area contributed by atoms with Gasteiger partial charge in [-0.2, -0.15) is 0 Å². The quantitative estimate of drug-likeness (QED) is 0.339. The highest BCUT2D eigenvalue weighted by atomic mass is 15.4. The Morgan fingerprint density at radius 3 is 2.44 bits per heavy atom. The van der Waals surface area contributed by atoms with Gasteiger partial charge < -0.3 is 20.9 Å². The number of pyridine rings is 1. The molecule has 0 radical (unpaired) electrons. The number of rotatable bonds is 7. The summed E-state index contributed by atoms with van der Waals surface area (Å²) >= 11 is 0. The van der Waals surface area contributed by atoms with Gasteiger partial charge in [0.1, 0.15) is 23.6 Å². The van der Waals surface area contributed by atoms with E-state index in [9.17, 15) is 0 Å². The first-order valence-corrected chi connectivity index (χ1v) is 14.3. The predicted octanol–water partition coefficient (Wildman–Crippen LogP) is 7.82. The molecule has 1 unspecified atom stereocenters. The molecule has 3 N–H and O–H groups in total. The molecule has 5 rings (SSSR count). The van der Waals surface area contributed by atoms with E-state index in [4.69, 9.17) is 0 Å². The van der Waals surface area contributed by atoms with Crippen molar-refractivity contribution in [3.05, 3.63) is 101 Å². The second-order valence-corrected chi connectivity index (χ2v) is 9.39. The van der Waals surface area contributed by atoms with Crippen LogP contribution in [0.25, 0.3) is 0 Å². The molecule has 39 heavy (non-hydrogen) atoms. The summed E-state index contributed by atoms with van der Waals surface area (Å²) in [5.41, 5.74) is 7.02. The molecule has 0 bridgehead atoms. The van der Waals surface area contributed by atoms with Crippen LogP contribution in [-0.4, -0.2) is 19.9 Å². The molecule has 2 aromatic rings. The number of fused-ring (bicyclic) bond motifs is 1. The fourth-order valence-electron chi connectivity index (χ4n) is 5.00. The molecule has 208 valence electrons. The van der Waals surface area contributed by atoms with Gasteiger partial charge in [-0.05, 0) is 69.7 Å². The first kappa shape index (κ1) is 29.7. The van der Waals surface area contributed by atoms with Crippen molar-refractivity contribution in [2.45, 2.75) is 80.3 Å². The summed E-state index contributed by atoms with van der Waals surface area (Å²) in [4.78, 5) is 15.5. The van der Waals surface area contributed by atoms with Crippen molar-refractivity contribution < 1.29 is 0 Å². The Morgan fingerprint density at radius 1 is 1.15 bits per heavy atom. The van der Waals surface area contributed by atoms with Gasteiger partial charge in [-0.15, -0.1) is 0 Å². The van der Waals surface area contributed by atoms with Crippen LogP contribution in [0.2, 0.25) is 0 Å². The van der Waals surface area contributed by atoms with E-state index in [1.54, 1.807) is 6.33 Å². The molecule has 0 aromatic carbocycles. The molecule has 1 atom stereocenters. The highest BCUT2D eigenvalue weighted by molar-refractivity contribution is 5.61. The zero-order valence-corrected chi connectivity index (χ0v) is 24.9. The van der Waals surface area contributed by atoms with Crippen molar-refractivity contribution >= 4 is 11.6 Å². The average Bonchev–Trinajstić information content (AvgIpc) is 3.77. The third kappa shape index (κ3) is 6.24. The maximum absolute atomic E-state index is 4.51. The fraction of sp³-hybridized carbons (Fsp3) is 0.406. The molecule has 2 fully saturated rings. The van der Waals surface area contributed by atoms with Crippen LogP contribution in [0.4, 0.5) is 11.6 Å². The Morgan fingerprint density at radius 2 is 1.82 bits per heavy atom. The molecule has 0 amide bonds. The van der Waals surface area contributed by atoms with Crippen LogP contribution in [-0.2, 0) is 5.66 Å². The van der Waals surface area contributed by atoms with E-state index in [1.807, 2.05) is 58.3 Å². The zero-order valence-electron chi connectivity index (χ0n) is 24.9. The van der Waals surface area contributed by atoms with Gasteiger partial charge in [0.25, 0.3) is 0 Å². The molecule has 4 heterocycles. The second kappa shape index (κ2) is 13.3. The van der Waals surface area contributed by atoms with Crippen LogP contribution >= 0.6 is 0 Å². The van der Waals surface area contributed by atoms with Gasteiger partial charge in [0.15, 0.2) is 0 Å². The van der Waals surface area contributed by atoms with E-state index in [2.05, 4.69) is 88.3 Å². The normalized spacial score (nSPS) is 21.2. The van der Waals surface area contributed by atoms with Gasteiger partial charge in [-0.1, -0.05) is 53.3 Å². The van der Waals surface area contributed by atoms with Crippen LogP contribution in [0.1, 0.15) is 80.2 Å². The van der Waals surface area contributed by atoms with Gasteiger partial charge in [0.05, 0.1) is 22.8 Å². The van der Waals surface area contributed by atoms with Crippen molar-refractivity contribution in [3.63, 3.8) is 0 Å². The van der Waals surface area contributed by atoms with Crippen LogP contribution < -0.4 is 16.0 Å². The zero-order chi connectivity index (χ0) is 28.6. The second-order valence-electron chi connectivity index (χ2n) is 9.39. The summed E-state index contributed by atoms with van der Waals surface area (Å²) in [5, 5.41) is 10.7. The number of anilines is 2. The molecule has 1 saturated heterocycles.